The molecule has 1 aliphatic heterocycles. The molecule has 1 aliphatic carbocycles. The van der Waals surface area contributed by atoms with Crippen molar-refractivity contribution in [3.8, 4) is 17.2 Å². The molecule has 1 N–H and O–H groups in total. The molecule has 2 aliphatic rings. The predicted molar refractivity (Wildman–Crippen MR) is 139 cm³/mol. The summed E-state index contributed by atoms with van der Waals surface area (Å²) in [7, 11) is 0. The van der Waals surface area contributed by atoms with E-state index in [1.54, 1.807) is 42.5 Å². The van der Waals surface area contributed by atoms with E-state index in [2.05, 4.69) is 0 Å². The summed E-state index contributed by atoms with van der Waals surface area (Å²) < 4.78 is 50.7. The first-order valence-corrected chi connectivity index (χ1v) is 13.1. The maximum absolute atomic E-state index is 13.1. The lowest BCUT2D eigenvalue weighted by Gasteiger charge is -2.24. The fourth-order valence-corrected chi connectivity index (χ4v) is 5.68. The topological polar surface area (TPSA) is 72.8 Å². The zero-order chi connectivity index (χ0) is 27.7. The molecule has 0 aromatic heterocycles. The molecule has 3 atom stereocenters. The first-order chi connectivity index (χ1) is 18.6. The lowest BCUT2D eigenvalue weighted by Crippen LogP contribution is -2.20. The average molecular weight is 559 g/mol. The maximum Gasteiger partial charge on any atom is 0.416 e. The van der Waals surface area contributed by atoms with Gasteiger partial charge in [-0.1, -0.05) is 29.8 Å². The van der Waals surface area contributed by atoms with Crippen molar-refractivity contribution in [3.05, 3.63) is 87.9 Å². The van der Waals surface area contributed by atoms with E-state index in [0.717, 1.165) is 18.9 Å². The predicted octanol–water partition coefficient (Wildman–Crippen LogP) is 8.26. The van der Waals surface area contributed by atoms with Crippen molar-refractivity contribution >= 4 is 23.4 Å². The number of benzene rings is 3. The number of rotatable bonds is 7. The van der Waals surface area contributed by atoms with Crippen LogP contribution in [-0.4, -0.2) is 23.5 Å². The second kappa shape index (κ2) is 10.9. The Morgan fingerprint density at radius 3 is 2.51 bits per heavy atom. The quantitative estimate of drug-likeness (QED) is 0.295. The number of carbonyl (C=O) groups is 2. The lowest BCUT2D eigenvalue weighted by molar-refractivity contribution is -0.139. The summed E-state index contributed by atoms with van der Waals surface area (Å²) in [5, 5.41) is 9.70. The Bertz CT molecular complexity index is 1390. The van der Waals surface area contributed by atoms with Crippen LogP contribution in [-0.2, 0) is 11.0 Å². The van der Waals surface area contributed by atoms with Crippen molar-refractivity contribution in [2.75, 3.05) is 6.61 Å². The van der Waals surface area contributed by atoms with Crippen LogP contribution < -0.4 is 9.47 Å². The molecule has 0 saturated heterocycles. The van der Waals surface area contributed by atoms with E-state index in [9.17, 15) is 27.9 Å². The van der Waals surface area contributed by atoms with Gasteiger partial charge < -0.3 is 14.6 Å². The smallest absolute Gasteiger partial charge is 0.416 e. The molecular weight excluding hydrogens is 533 g/mol. The van der Waals surface area contributed by atoms with E-state index in [4.69, 9.17) is 21.1 Å². The number of ether oxygens (including phenoxy) is 2. The zero-order valence-corrected chi connectivity index (χ0v) is 21.6. The molecule has 3 aromatic rings. The molecule has 5 nitrogen and oxygen atoms in total. The summed E-state index contributed by atoms with van der Waals surface area (Å²) in [4.78, 5) is 24.5. The number of carboxylic acid groups (broad SMARTS) is 1. The van der Waals surface area contributed by atoms with Gasteiger partial charge in [0.2, 0.25) is 0 Å². The van der Waals surface area contributed by atoms with E-state index in [-0.39, 0.29) is 29.2 Å². The number of carboxylic acids is 1. The first-order valence-electron chi connectivity index (χ1n) is 12.8. The Kier molecular flexibility index (Phi) is 7.58. The Morgan fingerprint density at radius 1 is 1.03 bits per heavy atom. The van der Waals surface area contributed by atoms with Crippen LogP contribution in [0.2, 0.25) is 5.02 Å². The van der Waals surface area contributed by atoms with Crippen molar-refractivity contribution in [2.24, 2.45) is 5.92 Å². The molecule has 3 unspecified atom stereocenters. The van der Waals surface area contributed by atoms with Gasteiger partial charge in [-0.3, -0.25) is 9.59 Å². The summed E-state index contributed by atoms with van der Waals surface area (Å²) >= 11 is 6.36. The average Bonchev–Trinajstić information content (AvgIpc) is 3.37. The molecule has 1 fully saturated rings. The molecule has 1 heterocycles. The number of alkyl halides is 3. The maximum atomic E-state index is 13.1. The normalized spacial score (nSPS) is 20.7. The van der Waals surface area contributed by atoms with Gasteiger partial charge in [0, 0.05) is 23.6 Å². The van der Waals surface area contributed by atoms with Crippen molar-refractivity contribution < 1.29 is 37.3 Å². The summed E-state index contributed by atoms with van der Waals surface area (Å²) in [5.74, 6) is -0.361. The molecule has 204 valence electrons. The number of Topliss-reactive ketones (excluding diaryl/α,β-unsaturated/α-hetero) is 1. The Balaban J connectivity index is 1.20. The standard InChI is InChI=1S/C30H26ClF3O5/c31-25-15-24-23(29(36)37)10-11-38-27(24)16-28(25)39-22-8-6-18(7-9-22)26(35)13-17-4-5-20(12-17)19-2-1-3-21(14-19)30(32,33)34/h1-3,6-9,14-17,20,23H,4-5,10-13H2,(H,36,37). The van der Waals surface area contributed by atoms with Crippen LogP contribution in [0, 0.1) is 5.92 Å². The van der Waals surface area contributed by atoms with Crippen LogP contribution >= 0.6 is 11.6 Å². The number of hydrogen-bond donors (Lipinski definition) is 1. The van der Waals surface area contributed by atoms with Gasteiger partial charge in [0.1, 0.15) is 17.2 Å². The van der Waals surface area contributed by atoms with Crippen LogP contribution in [0.5, 0.6) is 17.2 Å². The zero-order valence-electron chi connectivity index (χ0n) is 20.8. The number of hydrogen-bond acceptors (Lipinski definition) is 4. The fraction of sp³-hybridized carbons (Fsp3) is 0.333. The molecular formula is C30H26ClF3O5. The molecule has 39 heavy (non-hydrogen) atoms. The number of ketones is 1. The monoisotopic (exact) mass is 558 g/mol. The summed E-state index contributed by atoms with van der Waals surface area (Å²) in [6.07, 6.45) is -1.46. The minimum atomic E-state index is -4.37. The van der Waals surface area contributed by atoms with Gasteiger partial charge in [0.05, 0.1) is 23.1 Å². The van der Waals surface area contributed by atoms with E-state index < -0.39 is 23.6 Å². The van der Waals surface area contributed by atoms with Crippen molar-refractivity contribution in [3.63, 3.8) is 0 Å². The van der Waals surface area contributed by atoms with Crippen LogP contribution in [0.15, 0.2) is 60.7 Å². The second-order valence-electron chi connectivity index (χ2n) is 10.1. The molecule has 3 aromatic carbocycles. The molecule has 9 heteroatoms. The van der Waals surface area contributed by atoms with Gasteiger partial charge in [0.25, 0.3) is 0 Å². The number of aliphatic carboxylic acids is 1. The third kappa shape index (κ3) is 6.06. The molecule has 0 amide bonds. The first kappa shape index (κ1) is 27.1. The second-order valence-corrected chi connectivity index (χ2v) is 10.5. The number of halogens is 4. The Hall–Kier alpha value is -3.52. The van der Waals surface area contributed by atoms with Crippen molar-refractivity contribution in [1.29, 1.82) is 0 Å². The Morgan fingerprint density at radius 2 is 1.79 bits per heavy atom. The van der Waals surface area contributed by atoms with Gasteiger partial charge in [-0.25, -0.2) is 0 Å². The molecule has 0 radical (unpaired) electrons. The van der Waals surface area contributed by atoms with Gasteiger partial charge in [-0.15, -0.1) is 0 Å². The molecule has 0 bridgehead atoms. The summed E-state index contributed by atoms with van der Waals surface area (Å²) in [6.45, 7) is 0.281. The minimum absolute atomic E-state index is 0.0111. The highest BCUT2D eigenvalue weighted by molar-refractivity contribution is 6.32. The van der Waals surface area contributed by atoms with Gasteiger partial charge in [-0.05, 0) is 79.5 Å². The number of carbonyl (C=O) groups excluding carboxylic acids is 1. The van der Waals surface area contributed by atoms with E-state index >= 15 is 0 Å². The molecule has 1 saturated carbocycles. The summed E-state index contributed by atoms with van der Waals surface area (Å²) in [6, 6.07) is 15.2. The Labute approximate surface area is 228 Å². The molecule has 5 rings (SSSR count). The molecule has 0 spiro atoms. The van der Waals surface area contributed by atoms with Crippen LogP contribution in [0.1, 0.15) is 71.0 Å². The van der Waals surface area contributed by atoms with Gasteiger partial charge >= 0.3 is 12.1 Å². The van der Waals surface area contributed by atoms with Crippen LogP contribution in [0.4, 0.5) is 13.2 Å². The highest BCUT2D eigenvalue weighted by atomic mass is 35.5. The lowest BCUT2D eigenvalue weighted by atomic mass is 9.92. The van der Waals surface area contributed by atoms with E-state index in [1.165, 1.54) is 12.1 Å². The summed E-state index contributed by atoms with van der Waals surface area (Å²) in [5.41, 5.74) is 1.06. The van der Waals surface area contributed by atoms with Crippen molar-refractivity contribution in [1.82, 2.24) is 0 Å². The van der Waals surface area contributed by atoms with E-state index in [0.29, 0.717) is 53.2 Å². The number of fused-ring (bicyclic) bond motifs is 1. The third-order valence-electron chi connectivity index (χ3n) is 7.51. The van der Waals surface area contributed by atoms with E-state index in [1.807, 2.05) is 0 Å². The SMILES string of the molecule is O=C(CC1CCC(c2cccc(C(F)(F)F)c2)C1)c1ccc(Oc2cc3c(cc2Cl)C(C(=O)O)CCO3)cc1. The third-order valence-corrected chi connectivity index (χ3v) is 7.80. The fourth-order valence-electron chi connectivity index (χ4n) is 5.47. The highest BCUT2D eigenvalue weighted by Crippen LogP contribution is 2.43. The largest absolute Gasteiger partial charge is 0.493 e. The van der Waals surface area contributed by atoms with Gasteiger partial charge in [0.15, 0.2) is 5.78 Å². The van der Waals surface area contributed by atoms with Crippen molar-refractivity contribution in [2.45, 2.75) is 50.1 Å². The van der Waals surface area contributed by atoms with Crippen LogP contribution in [0.25, 0.3) is 0 Å². The van der Waals surface area contributed by atoms with Crippen LogP contribution in [0.3, 0.4) is 0 Å². The van der Waals surface area contributed by atoms with Gasteiger partial charge in [-0.2, -0.15) is 13.2 Å². The highest BCUT2D eigenvalue weighted by Gasteiger charge is 2.33. The minimum Gasteiger partial charge on any atom is -0.493 e.